The first-order chi connectivity index (χ1) is 9.59. The summed E-state index contributed by atoms with van der Waals surface area (Å²) in [5.41, 5.74) is 0.601. The maximum atomic E-state index is 13.9. The van der Waals surface area contributed by atoms with Crippen molar-refractivity contribution < 1.29 is 9.18 Å². The van der Waals surface area contributed by atoms with Crippen LogP contribution in [-0.2, 0) is 0 Å². The van der Waals surface area contributed by atoms with Gasteiger partial charge < -0.3 is 0 Å². The zero-order valence-electron chi connectivity index (χ0n) is 9.99. The van der Waals surface area contributed by atoms with Gasteiger partial charge in [0.1, 0.15) is 5.82 Å². The predicted octanol–water partition coefficient (Wildman–Crippen LogP) is 5.80. The molecule has 0 saturated heterocycles. The second kappa shape index (κ2) is 5.39. The highest BCUT2D eigenvalue weighted by Crippen LogP contribution is 2.34. The molecule has 20 heavy (non-hydrogen) atoms. The molecule has 1 aromatic heterocycles. The number of carbonyl (C=O) groups is 1. The van der Waals surface area contributed by atoms with Gasteiger partial charge in [0.15, 0.2) is 5.78 Å². The number of benzene rings is 2. The molecular weight excluding hydrogens is 407 g/mol. The van der Waals surface area contributed by atoms with Crippen molar-refractivity contribution in [3.63, 3.8) is 0 Å². The van der Waals surface area contributed by atoms with Crippen molar-refractivity contribution in [2.24, 2.45) is 0 Å². The molecule has 3 aromatic rings. The summed E-state index contributed by atoms with van der Waals surface area (Å²) in [6.45, 7) is 0. The van der Waals surface area contributed by atoms with Crippen LogP contribution >= 0.6 is 43.2 Å². The molecule has 0 atom stereocenters. The molecule has 3 rings (SSSR count). The lowest BCUT2D eigenvalue weighted by Crippen LogP contribution is -2.04. The molecule has 0 amide bonds. The third-order valence-corrected chi connectivity index (χ3v) is 5.60. The van der Waals surface area contributed by atoms with Crippen LogP contribution in [-0.4, -0.2) is 5.78 Å². The number of halogens is 3. The zero-order valence-corrected chi connectivity index (χ0v) is 14.0. The van der Waals surface area contributed by atoms with Gasteiger partial charge >= 0.3 is 0 Å². The molecule has 5 heteroatoms. The monoisotopic (exact) mass is 412 g/mol. The molecule has 0 aliphatic rings. The highest BCUT2D eigenvalue weighted by atomic mass is 79.9. The zero-order chi connectivity index (χ0) is 14.3. The molecule has 1 nitrogen and oxygen atoms in total. The summed E-state index contributed by atoms with van der Waals surface area (Å²) in [4.78, 5) is 12.6. The number of carbonyl (C=O) groups excluding carboxylic acids is 1. The van der Waals surface area contributed by atoms with Crippen LogP contribution in [0.3, 0.4) is 0 Å². The Morgan fingerprint density at radius 2 is 1.75 bits per heavy atom. The number of fused-ring (bicyclic) bond motifs is 1. The van der Waals surface area contributed by atoms with Crippen molar-refractivity contribution >= 4 is 59.1 Å². The first-order valence-electron chi connectivity index (χ1n) is 5.74. The van der Waals surface area contributed by atoms with E-state index in [0.717, 1.165) is 14.6 Å². The molecule has 0 radical (unpaired) electrons. The van der Waals surface area contributed by atoms with E-state index < -0.39 is 5.82 Å². The highest BCUT2D eigenvalue weighted by molar-refractivity contribution is 9.11. The van der Waals surface area contributed by atoms with Gasteiger partial charge in [-0.15, -0.1) is 11.3 Å². The third kappa shape index (κ3) is 2.24. The van der Waals surface area contributed by atoms with Crippen LogP contribution in [0.25, 0.3) is 10.1 Å². The Morgan fingerprint density at radius 3 is 2.50 bits per heavy atom. The van der Waals surface area contributed by atoms with E-state index in [4.69, 9.17) is 0 Å². The van der Waals surface area contributed by atoms with E-state index in [-0.39, 0.29) is 11.3 Å². The molecule has 0 aliphatic heterocycles. The average Bonchev–Trinajstić information content (AvgIpc) is 2.83. The molecular formula is C15H7Br2FOS. The van der Waals surface area contributed by atoms with Crippen molar-refractivity contribution in [1.29, 1.82) is 0 Å². The topological polar surface area (TPSA) is 17.1 Å². The summed E-state index contributed by atoms with van der Waals surface area (Å²) in [7, 11) is 0. The lowest BCUT2D eigenvalue weighted by molar-refractivity contribution is 0.103. The summed E-state index contributed by atoms with van der Waals surface area (Å²) < 4.78 is 16.3. The maximum Gasteiger partial charge on any atom is 0.198 e. The van der Waals surface area contributed by atoms with Gasteiger partial charge in [0.05, 0.1) is 5.56 Å². The van der Waals surface area contributed by atoms with Gasteiger partial charge in [0.25, 0.3) is 0 Å². The highest BCUT2D eigenvalue weighted by Gasteiger charge is 2.20. The van der Waals surface area contributed by atoms with Crippen molar-refractivity contribution in [1.82, 2.24) is 0 Å². The Balaban J connectivity index is 2.21. The number of hydrogen-bond acceptors (Lipinski definition) is 2. The molecule has 0 saturated carbocycles. The van der Waals surface area contributed by atoms with Gasteiger partial charge in [-0.25, -0.2) is 4.39 Å². The summed E-state index contributed by atoms with van der Waals surface area (Å²) in [5, 5.41) is 2.61. The predicted molar refractivity (Wildman–Crippen MR) is 87.1 cm³/mol. The Morgan fingerprint density at radius 1 is 1.05 bits per heavy atom. The minimum absolute atomic E-state index is 0.0761. The largest absolute Gasteiger partial charge is 0.288 e. The third-order valence-electron chi connectivity index (χ3n) is 2.99. The Kier molecular flexibility index (Phi) is 3.75. The van der Waals surface area contributed by atoms with Gasteiger partial charge in [-0.1, -0.05) is 18.2 Å². The maximum absolute atomic E-state index is 13.9. The van der Waals surface area contributed by atoms with Gasteiger partial charge in [-0.2, -0.15) is 0 Å². The number of thiophene rings is 1. The van der Waals surface area contributed by atoms with Crippen molar-refractivity contribution in [3.05, 3.63) is 67.7 Å². The van der Waals surface area contributed by atoms with Crippen LogP contribution in [0.1, 0.15) is 15.9 Å². The first-order valence-corrected chi connectivity index (χ1v) is 8.20. The van der Waals surface area contributed by atoms with Crippen LogP contribution in [0.4, 0.5) is 4.39 Å². The van der Waals surface area contributed by atoms with Crippen LogP contribution in [0.2, 0.25) is 0 Å². The van der Waals surface area contributed by atoms with Gasteiger partial charge in [-0.05, 0) is 50.1 Å². The second-order valence-electron chi connectivity index (χ2n) is 4.19. The molecule has 2 aromatic carbocycles. The SMILES string of the molecule is O=C(c1c(F)cccc1Br)c1csc2c(Br)cccc12. The van der Waals surface area contributed by atoms with E-state index in [9.17, 15) is 9.18 Å². The summed E-state index contributed by atoms with van der Waals surface area (Å²) in [6, 6.07) is 10.2. The smallest absolute Gasteiger partial charge is 0.198 e. The minimum Gasteiger partial charge on any atom is -0.288 e. The van der Waals surface area contributed by atoms with E-state index in [2.05, 4.69) is 31.9 Å². The quantitative estimate of drug-likeness (QED) is 0.485. The van der Waals surface area contributed by atoms with E-state index >= 15 is 0 Å². The van der Waals surface area contributed by atoms with Crippen LogP contribution in [0, 0.1) is 5.82 Å². The molecule has 1 heterocycles. The fourth-order valence-corrected chi connectivity index (χ4v) is 4.17. The van der Waals surface area contributed by atoms with Crippen LogP contribution < -0.4 is 0 Å². The lowest BCUT2D eigenvalue weighted by atomic mass is 10.0. The molecule has 0 unspecified atom stereocenters. The van der Waals surface area contributed by atoms with Crippen LogP contribution in [0.15, 0.2) is 50.7 Å². The Labute approximate surface area is 135 Å². The molecule has 0 N–H and O–H groups in total. The molecule has 0 fully saturated rings. The van der Waals surface area contributed by atoms with Crippen molar-refractivity contribution in [2.45, 2.75) is 0 Å². The average molecular weight is 414 g/mol. The number of ketones is 1. The van der Waals surface area contributed by atoms with Crippen LogP contribution in [0.5, 0.6) is 0 Å². The summed E-state index contributed by atoms with van der Waals surface area (Å²) >= 11 is 8.18. The van der Waals surface area contributed by atoms with Crippen molar-refractivity contribution in [2.75, 3.05) is 0 Å². The summed E-state index contributed by atoms with van der Waals surface area (Å²) in [6.07, 6.45) is 0. The lowest BCUT2D eigenvalue weighted by Gasteiger charge is -2.04. The molecule has 0 aliphatic carbocycles. The molecule has 100 valence electrons. The molecule has 0 spiro atoms. The second-order valence-corrected chi connectivity index (χ2v) is 6.78. The van der Waals surface area contributed by atoms with Gasteiger partial charge in [0.2, 0.25) is 0 Å². The van der Waals surface area contributed by atoms with E-state index in [0.29, 0.717) is 10.0 Å². The van der Waals surface area contributed by atoms with E-state index in [1.165, 1.54) is 17.4 Å². The standard InChI is InChI=1S/C15H7Br2FOS/c16-10-4-2-6-12(18)13(10)14(19)9-7-20-15-8(9)3-1-5-11(15)17/h1-7H. The number of hydrogen-bond donors (Lipinski definition) is 0. The number of rotatable bonds is 2. The van der Waals surface area contributed by atoms with Gasteiger partial charge in [0, 0.05) is 30.0 Å². The van der Waals surface area contributed by atoms with E-state index in [1.54, 1.807) is 17.5 Å². The normalized spacial score (nSPS) is 10.9. The summed E-state index contributed by atoms with van der Waals surface area (Å²) in [5.74, 6) is -0.821. The Hall–Kier alpha value is -1.04. The van der Waals surface area contributed by atoms with Crippen molar-refractivity contribution in [3.8, 4) is 0 Å². The first kappa shape index (κ1) is 13.9. The Bertz CT molecular complexity index is 806. The van der Waals surface area contributed by atoms with Gasteiger partial charge in [-0.3, -0.25) is 4.79 Å². The van der Waals surface area contributed by atoms with E-state index in [1.807, 2.05) is 18.2 Å². The minimum atomic E-state index is -0.515. The fourth-order valence-electron chi connectivity index (χ4n) is 2.05. The fraction of sp³-hybridized carbons (Fsp3) is 0. The molecule has 0 bridgehead atoms.